The molecule has 20 heavy (non-hydrogen) atoms. The maximum Gasteiger partial charge on any atom is 0.411 e. The van der Waals surface area contributed by atoms with Crippen LogP contribution in [-0.2, 0) is 13.8 Å². The lowest BCUT2D eigenvalue weighted by atomic mass is 10.3. The molecule has 1 aromatic carbocycles. The molecule has 1 aromatic rings. The van der Waals surface area contributed by atoms with Gasteiger partial charge in [0.15, 0.2) is 0 Å². The zero-order valence-electron chi connectivity index (χ0n) is 9.78. The molecule has 1 rings (SSSR count). The summed E-state index contributed by atoms with van der Waals surface area (Å²) in [5, 5.41) is 0. The summed E-state index contributed by atoms with van der Waals surface area (Å²) in [7, 11) is 0.846. The summed E-state index contributed by atoms with van der Waals surface area (Å²) in [6.07, 6.45) is -4.46. The Morgan fingerprint density at radius 2 is 1.85 bits per heavy atom. The van der Waals surface area contributed by atoms with Gasteiger partial charge in [-0.25, -0.2) is 12.8 Å². The van der Waals surface area contributed by atoms with E-state index in [1.807, 2.05) is 0 Å². The lowest BCUT2D eigenvalue weighted by molar-refractivity contribution is -0.175. The predicted molar refractivity (Wildman–Crippen MR) is 61.8 cm³/mol. The van der Waals surface area contributed by atoms with Crippen LogP contribution in [0.2, 0.25) is 0 Å². The van der Waals surface area contributed by atoms with E-state index in [0.717, 1.165) is 12.1 Å². The SMILES string of the molecule is O=S(=O)(Cl)c1cc(F)ccc1OCCOCC(F)(F)F. The third-order valence-corrected chi connectivity index (χ3v) is 3.26. The monoisotopic (exact) mass is 336 g/mol. The molecule has 0 radical (unpaired) electrons. The van der Waals surface area contributed by atoms with Gasteiger partial charge >= 0.3 is 6.18 Å². The van der Waals surface area contributed by atoms with E-state index in [-0.39, 0.29) is 12.4 Å². The van der Waals surface area contributed by atoms with Crippen molar-refractivity contribution in [2.24, 2.45) is 0 Å². The first kappa shape index (κ1) is 17.0. The van der Waals surface area contributed by atoms with E-state index < -0.39 is 39.2 Å². The Morgan fingerprint density at radius 1 is 1.20 bits per heavy atom. The molecule has 0 atom stereocenters. The predicted octanol–water partition coefficient (Wildman–Crippen LogP) is 2.71. The van der Waals surface area contributed by atoms with Crippen molar-refractivity contribution in [2.75, 3.05) is 19.8 Å². The van der Waals surface area contributed by atoms with Crippen molar-refractivity contribution in [1.82, 2.24) is 0 Å². The molecule has 0 aliphatic carbocycles. The van der Waals surface area contributed by atoms with E-state index in [4.69, 9.17) is 15.4 Å². The molecule has 0 aliphatic rings. The van der Waals surface area contributed by atoms with Gasteiger partial charge < -0.3 is 9.47 Å². The van der Waals surface area contributed by atoms with Gasteiger partial charge in [-0.3, -0.25) is 0 Å². The van der Waals surface area contributed by atoms with Crippen LogP contribution >= 0.6 is 10.7 Å². The molecule has 0 heterocycles. The van der Waals surface area contributed by atoms with E-state index in [2.05, 4.69) is 4.74 Å². The Balaban J connectivity index is 2.61. The van der Waals surface area contributed by atoms with Crippen molar-refractivity contribution in [2.45, 2.75) is 11.1 Å². The topological polar surface area (TPSA) is 52.6 Å². The number of ether oxygens (including phenoxy) is 2. The Bertz CT molecular complexity index is 559. The second-order valence-electron chi connectivity index (χ2n) is 3.55. The summed E-state index contributed by atoms with van der Waals surface area (Å²) in [6.45, 7) is -2.21. The summed E-state index contributed by atoms with van der Waals surface area (Å²) in [4.78, 5) is -0.602. The number of hydrogen-bond donors (Lipinski definition) is 0. The van der Waals surface area contributed by atoms with Gasteiger partial charge in [0.1, 0.15) is 29.7 Å². The highest BCUT2D eigenvalue weighted by Gasteiger charge is 2.27. The maximum atomic E-state index is 12.9. The zero-order valence-corrected chi connectivity index (χ0v) is 11.4. The van der Waals surface area contributed by atoms with Crippen LogP contribution in [-0.4, -0.2) is 34.4 Å². The third-order valence-electron chi connectivity index (χ3n) is 1.92. The van der Waals surface area contributed by atoms with Crippen molar-refractivity contribution in [3.8, 4) is 5.75 Å². The minimum atomic E-state index is -4.46. The van der Waals surface area contributed by atoms with Gasteiger partial charge in [0.2, 0.25) is 0 Å². The number of rotatable bonds is 6. The second kappa shape index (κ2) is 6.59. The van der Waals surface area contributed by atoms with Crippen molar-refractivity contribution in [3.63, 3.8) is 0 Å². The van der Waals surface area contributed by atoms with Crippen LogP contribution < -0.4 is 4.74 Å². The van der Waals surface area contributed by atoms with Crippen LogP contribution in [0.4, 0.5) is 17.6 Å². The Labute approximate surface area is 116 Å². The van der Waals surface area contributed by atoms with Crippen molar-refractivity contribution >= 4 is 19.7 Å². The fourth-order valence-electron chi connectivity index (χ4n) is 1.19. The first-order valence-corrected chi connectivity index (χ1v) is 7.42. The van der Waals surface area contributed by atoms with Gasteiger partial charge in [-0.15, -0.1) is 0 Å². The molecule has 114 valence electrons. The Kier molecular flexibility index (Phi) is 5.60. The summed E-state index contributed by atoms with van der Waals surface area (Å²) < 4.78 is 79.7. The fourth-order valence-corrected chi connectivity index (χ4v) is 2.17. The fraction of sp³-hybridized carbons (Fsp3) is 0.400. The van der Waals surface area contributed by atoms with E-state index in [1.54, 1.807) is 0 Å². The van der Waals surface area contributed by atoms with Crippen molar-refractivity contribution in [3.05, 3.63) is 24.0 Å². The summed E-state index contributed by atoms with van der Waals surface area (Å²) >= 11 is 0. The first-order valence-electron chi connectivity index (χ1n) is 5.11. The molecule has 0 saturated carbocycles. The van der Waals surface area contributed by atoms with Gasteiger partial charge in [0.05, 0.1) is 6.61 Å². The summed E-state index contributed by atoms with van der Waals surface area (Å²) in [5.41, 5.74) is 0. The molecule has 0 fully saturated rings. The molecule has 0 spiro atoms. The molecule has 0 bridgehead atoms. The van der Waals surface area contributed by atoms with Crippen LogP contribution in [0, 0.1) is 5.82 Å². The molecule has 0 amide bonds. The minimum absolute atomic E-state index is 0.267. The maximum absolute atomic E-state index is 12.9. The Hall–Kier alpha value is -1.06. The molecular formula is C10H9ClF4O4S. The van der Waals surface area contributed by atoms with Gasteiger partial charge in [0, 0.05) is 10.7 Å². The lowest BCUT2D eigenvalue weighted by Gasteiger charge is -2.11. The highest BCUT2D eigenvalue weighted by atomic mass is 35.7. The third kappa shape index (κ3) is 5.93. The number of halogens is 5. The number of alkyl halides is 3. The van der Waals surface area contributed by atoms with Gasteiger partial charge in [-0.2, -0.15) is 13.2 Å². The van der Waals surface area contributed by atoms with Crippen LogP contribution in [0.3, 0.4) is 0 Å². The minimum Gasteiger partial charge on any atom is -0.490 e. The summed E-state index contributed by atoms with van der Waals surface area (Å²) in [5.74, 6) is -1.11. The molecular weight excluding hydrogens is 328 g/mol. The van der Waals surface area contributed by atoms with E-state index in [9.17, 15) is 26.0 Å². The van der Waals surface area contributed by atoms with Gasteiger partial charge in [0.25, 0.3) is 9.05 Å². The van der Waals surface area contributed by atoms with E-state index in [1.165, 1.54) is 0 Å². The van der Waals surface area contributed by atoms with E-state index >= 15 is 0 Å². The van der Waals surface area contributed by atoms with E-state index in [0.29, 0.717) is 6.07 Å². The van der Waals surface area contributed by atoms with Gasteiger partial charge in [-0.1, -0.05) is 0 Å². The molecule has 0 unspecified atom stereocenters. The molecule has 10 heteroatoms. The summed E-state index contributed by atoms with van der Waals surface area (Å²) in [6, 6.07) is 2.58. The average Bonchev–Trinajstić information content (AvgIpc) is 2.27. The van der Waals surface area contributed by atoms with Crippen LogP contribution in [0.1, 0.15) is 0 Å². The quantitative estimate of drug-likeness (QED) is 0.455. The van der Waals surface area contributed by atoms with Crippen LogP contribution in [0.25, 0.3) is 0 Å². The lowest BCUT2D eigenvalue weighted by Crippen LogP contribution is -2.19. The standard InChI is InChI=1S/C10H9ClF4O4S/c11-20(16,17)9-5-7(12)1-2-8(9)19-4-3-18-6-10(13,14)15/h1-2,5H,3-4,6H2. The molecule has 0 aliphatic heterocycles. The number of benzene rings is 1. The van der Waals surface area contributed by atoms with Gasteiger partial charge in [-0.05, 0) is 18.2 Å². The molecule has 0 N–H and O–H groups in total. The zero-order chi connectivity index (χ0) is 15.4. The highest BCUT2D eigenvalue weighted by Crippen LogP contribution is 2.27. The molecule has 0 aromatic heterocycles. The van der Waals surface area contributed by atoms with Crippen LogP contribution in [0.5, 0.6) is 5.75 Å². The second-order valence-corrected chi connectivity index (χ2v) is 6.08. The highest BCUT2D eigenvalue weighted by molar-refractivity contribution is 8.13. The smallest absolute Gasteiger partial charge is 0.411 e. The first-order chi connectivity index (χ1) is 9.09. The van der Waals surface area contributed by atoms with Crippen LogP contribution in [0.15, 0.2) is 23.1 Å². The van der Waals surface area contributed by atoms with Crippen molar-refractivity contribution < 1.29 is 35.5 Å². The Morgan fingerprint density at radius 3 is 2.40 bits per heavy atom. The normalized spacial score (nSPS) is 12.4. The van der Waals surface area contributed by atoms with Crippen molar-refractivity contribution in [1.29, 1.82) is 0 Å². The molecule has 4 nitrogen and oxygen atoms in total. The largest absolute Gasteiger partial charge is 0.490 e. The average molecular weight is 337 g/mol. The molecule has 0 saturated heterocycles. The number of hydrogen-bond acceptors (Lipinski definition) is 4.